The molecule has 2 N–H and O–H groups in total. The fourth-order valence-electron chi connectivity index (χ4n) is 2.18. The Hall–Kier alpha value is -2.82. The van der Waals surface area contributed by atoms with Crippen LogP contribution < -0.4 is 10.4 Å². The lowest BCUT2D eigenvalue weighted by Gasteiger charge is -2.28. The predicted molar refractivity (Wildman–Crippen MR) is 88.9 cm³/mol. The van der Waals surface area contributed by atoms with Gasteiger partial charge in [0.05, 0.1) is 5.69 Å². The number of para-hydroxylation sites is 1. The molecule has 0 aliphatic carbocycles. The average molecular weight is 312 g/mol. The van der Waals surface area contributed by atoms with E-state index >= 15 is 0 Å². The summed E-state index contributed by atoms with van der Waals surface area (Å²) in [5, 5.41) is 10.6. The van der Waals surface area contributed by atoms with Gasteiger partial charge in [0.15, 0.2) is 0 Å². The molecule has 0 aromatic heterocycles. The van der Waals surface area contributed by atoms with Gasteiger partial charge in [-0.2, -0.15) is 0 Å². The van der Waals surface area contributed by atoms with Crippen LogP contribution in [0, 0.1) is 0 Å². The molecule has 2 aromatic carbocycles. The summed E-state index contributed by atoms with van der Waals surface area (Å²) in [6.45, 7) is 1.53. The lowest BCUT2D eigenvalue weighted by molar-refractivity contribution is -0.138. The molecule has 120 valence electrons. The average Bonchev–Trinajstić information content (AvgIpc) is 2.59. The summed E-state index contributed by atoms with van der Waals surface area (Å²) in [7, 11) is 0. The van der Waals surface area contributed by atoms with Crippen LogP contribution in [0.2, 0.25) is 0 Å². The van der Waals surface area contributed by atoms with Gasteiger partial charge in [0.2, 0.25) is 5.91 Å². The molecule has 0 spiro atoms. The van der Waals surface area contributed by atoms with Gasteiger partial charge in [-0.1, -0.05) is 48.5 Å². The molecule has 0 radical (unpaired) electrons. The zero-order valence-corrected chi connectivity index (χ0v) is 13.0. The Morgan fingerprint density at radius 1 is 1.04 bits per heavy atom. The number of hydrogen-bond acceptors (Lipinski definition) is 3. The van der Waals surface area contributed by atoms with Gasteiger partial charge in [0.1, 0.15) is 6.04 Å². The standard InChI is InChI=1S/C18H20N2O3/c1-14(18(22)23)20(16-10-6-3-7-11-16)19-17(21)13-12-15-8-4-2-5-9-15/h2-11,14H,12-13H2,1H3,(H,19,21)(H,22,23)/t14-/m0/s1. The second-order valence-electron chi connectivity index (χ2n) is 5.24. The molecule has 5 nitrogen and oxygen atoms in total. The van der Waals surface area contributed by atoms with E-state index in [0.29, 0.717) is 18.5 Å². The van der Waals surface area contributed by atoms with Crippen molar-refractivity contribution >= 4 is 17.6 Å². The zero-order valence-electron chi connectivity index (χ0n) is 13.0. The zero-order chi connectivity index (χ0) is 16.7. The number of benzene rings is 2. The molecule has 2 rings (SSSR count). The largest absolute Gasteiger partial charge is 0.480 e. The highest BCUT2D eigenvalue weighted by molar-refractivity contribution is 5.82. The van der Waals surface area contributed by atoms with Crippen molar-refractivity contribution in [3.8, 4) is 0 Å². The molecule has 1 amide bonds. The number of amides is 1. The maximum absolute atomic E-state index is 12.2. The van der Waals surface area contributed by atoms with Crippen LogP contribution >= 0.6 is 0 Å². The normalized spacial score (nSPS) is 11.5. The highest BCUT2D eigenvalue weighted by Gasteiger charge is 2.22. The van der Waals surface area contributed by atoms with E-state index in [-0.39, 0.29) is 5.91 Å². The third kappa shape index (κ3) is 4.85. The highest BCUT2D eigenvalue weighted by atomic mass is 16.4. The van der Waals surface area contributed by atoms with Gasteiger partial charge < -0.3 is 5.11 Å². The molecule has 0 unspecified atom stereocenters. The molecule has 0 aliphatic rings. The molecule has 0 saturated heterocycles. The van der Waals surface area contributed by atoms with Gasteiger partial charge in [-0.05, 0) is 31.0 Å². The number of hydrazine groups is 1. The molecule has 0 saturated carbocycles. The minimum atomic E-state index is -1.00. The van der Waals surface area contributed by atoms with Crippen LogP contribution in [-0.2, 0) is 16.0 Å². The van der Waals surface area contributed by atoms with Crippen molar-refractivity contribution in [3.63, 3.8) is 0 Å². The van der Waals surface area contributed by atoms with E-state index in [2.05, 4.69) is 5.43 Å². The van der Waals surface area contributed by atoms with Gasteiger partial charge >= 0.3 is 5.97 Å². The van der Waals surface area contributed by atoms with E-state index in [9.17, 15) is 14.7 Å². The predicted octanol–water partition coefficient (Wildman–Crippen LogP) is 2.63. The molecule has 5 heteroatoms. The summed E-state index contributed by atoms with van der Waals surface area (Å²) in [6.07, 6.45) is 0.899. The second-order valence-corrected chi connectivity index (χ2v) is 5.24. The first-order valence-electron chi connectivity index (χ1n) is 7.48. The van der Waals surface area contributed by atoms with Crippen LogP contribution in [0.5, 0.6) is 0 Å². The summed E-state index contributed by atoms with van der Waals surface area (Å²) in [5.41, 5.74) is 4.40. The van der Waals surface area contributed by atoms with Crippen molar-refractivity contribution in [1.29, 1.82) is 0 Å². The van der Waals surface area contributed by atoms with Crippen LogP contribution in [0.25, 0.3) is 0 Å². The molecule has 0 aliphatic heterocycles. The van der Waals surface area contributed by atoms with Gasteiger partial charge in [-0.25, -0.2) is 4.79 Å². The Morgan fingerprint density at radius 2 is 1.61 bits per heavy atom. The Labute approximate surface area is 135 Å². The highest BCUT2D eigenvalue weighted by Crippen LogP contribution is 2.14. The van der Waals surface area contributed by atoms with Crippen LogP contribution in [0.15, 0.2) is 60.7 Å². The monoisotopic (exact) mass is 312 g/mol. The maximum atomic E-state index is 12.2. The van der Waals surface area contributed by atoms with Crippen molar-refractivity contribution in [2.24, 2.45) is 0 Å². The van der Waals surface area contributed by atoms with Crippen LogP contribution in [-0.4, -0.2) is 23.0 Å². The number of aliphatic carboxylic acids is 1. The lowest BCUT2D eigenvalue weighted by Crippen LogP contribution is -2.51. The van der Waals surface area contributed by atoms with E-state index in [0.717, 1.165) is 5.56 Å². The van der Waals surface area contributed by atoms with Crippen molar-refractivity contribution in [1.82, 2.24) is 5.43 Å². The Balaban J connectivity index is 2.02. The van der Waals surface area contributed by atoms with Gasteiger partial charge in [-0.3, -0.25) is 15.2 Å². The van der Waals surface area contributed by atoms with Crippen LogP contribution in [0.1, 0.15) is 18.9 Å². The smallest absolute Gasteiger partial charge is 0.328 e. The quantitative estimate of drug-likeness (QED) is 0.771. The van der Waals surface area contributed by atoms with Crippen molar-refractivity contribution < 1.29 is 14.7 Å². The minimum Gasteiger partial charge on any atom is -0.480 e. The first-order chi connectivity index (χ1) is 11.1. The minimum absolute atomic E-state index is 0.217. The van der Waals surface area contributed by atoms with Crippen LogP contribution in [0.4, 0.5) is 5.69 Å². The summed E-state index contributed by atoms with van der Waals surface area (Å²) in [6, 6.07) is 17.8. The number of nitrogens with one attached hydrogen (secondary N) is 1. The fraction of sp³-hybridized carbons (Fsp3) is 0.222. The van der Waals surface area contributed by atoms with Gasteiger partial charge in [0, 0.05) is 6.42 Å². The SMILES string of the molecule is C[C@@H](C(=O)O)N(NC(=O)CCc1ccccc1)c1ccccc1. The number of carboxylic acid groups (broad SMARTS) is 1. The molecular formula is C18H20N2O3. The van der Waals surface area contributed by atoms with Crippen molar-refractivity contribution in [2.75, 3.05) is 5.01 Å². The topological polar surface area (TPSA) is 69.6 Å². The van der Waals surface area contributed by atoms with Crippen molar-refractivity contribution in [3.05, 3.63) is 66.2 Å². The Morgan fingerprint density at radius 3 is 2.17 bits per heavy atom. The molecule has 0 bridgehead atoms. The second kappa shape index (κ2) is 7.98. The van der Waals surface area contributed by atoms with E-state index in [1.807, 2.05) is 36.4 Å². The maximum Gasteiger partial charge on any atom is 0.328 e. The first kappa shape index (κ1) is 16.5. The molecule has 1 atom stereocenters. The number of carbonyl (C=O) groups excluding carboxylic acids is 1. The van der Waals surface area contributed by atoms with E-state index < -0.39 is 12.0 Å². The van der Waals surface area contributed by atoms with Crippen LogP contribution in [0.3, 0.4) is 0 Å². The van der Waals surface area contributed by atoms with E-state index in [1.165, 1.54) is 11.9 Å². The molecule has 2 aromatic rings. The van der Waals surface area contributed by atoms with E-state index in [1.54, 1.807) is 24.3 Å². The van der Waals surface area contributed by atoms with Gasteiger partial charge in [0.25, 0.3) is 0 Å². The molecule has 0 heterocycles. The number of anilines is 1. The third-order valence-corrected chi connectivity index (χ3v) is 3.51. The lowest BCUT2D eigenvalue weighted by atomic mass is 10.1. The molecule has 23 heavy (non-hydrogen) atoms. The number of aryl methyl sites for hydroxylation is 1. The summed E-state index contributed by atoms with van der Waals surface area (Å²) < 4.78 is 0. The summed E-state index contributed by atoms with van der Waals surface area (Å²) in [5.74, 6) is -1.22. The number of carboxylic acids is 1. The fourth-order valence-corrected chi connectivity index (χ4v) is 2.18. The van der Waals surface area contributed by atoms with Gasteiger partial charge in [-0.15, -0.1) is 0 Å². The molecule has 0 fully saturated rings. The summed E-state index contributed by atoms with van der Waals surface area (Å²) in [4.78, 5) is 23.5. The number of nitrogens with zero attached hydrogens (tertiary/aromatic N) is 1. The molecular weight excluding hydrogens is 292 g/mol. The van der Waals surface area contributed by atoms with Crippen molar-refractivity contribution in [2.45, 2.75) is 25.8 Å². The number of hydrogen-bond donors (Lipinski definition) is 2. The first-order valence-corrected chi connectivity index (χ1v) is 7.48. The number of rotatable bonds is 7. The Bertz CT molecular complexity index is 644. The van der Waals surface area contributed by atoms with E-state index in [4.69, 9.17) is 0 Å². The third-order valence-electron chi connectivity index (χ3n) is 3.51. The Kier molecular flexibility index (Phi) is 5.74. The summed E-state index contributed by atoms with van der Waals surface area (Å²) >= 11 is 0. The number of carbonyl (C=O) groups is 2.